The van der Waals surface area contributed by atoms with Crippen molar-refractivity contribution in [2.75, 3.05) is 6.54 Å². The highest BCUT2D eigenvalue weighted by molar-refractivity contribution is 6.28. The van der Waals surface area contributed by atoms with Gasteiger partial charge in [0.25, 0.3) is 11.3 Å². The standard InChI is InChI=1S/C15H11ClN2O5/c16-15-17-11-4-3-9(6-12(11)23-15)14(21)18(8-13(19)20)7-10-2-1-5-22-10/h1-6H,7-8H2,(H,19,20). The normalized spacial score (nSPS) is 10.8. The first-order valence-electron chi connectivity index (χ1n) is 6.62. The number of hydrogen-bond donors (Lipinski definition) is 1. The molecule has 3 aromatic rings. The van der Waals surface area contributed by atoms with Crippen molar-refractivity contribution in [3.05, 3.63) is 53.3 Å². The third-order valence-corrected chi connectivity index (χ3v) is 3.31. The van der Waals surface area contributed by atoms with Crippen LogP contribution in [-0.2, 0) is 11.3 Å². The predicted octanol–water partition coefficient (Wildman–Crippen LogP) is 2.80. The highest BCUT2D eigenvalue weighted by Crippen LogP contribution is 2.21. The van der Waals surface area contributed by atoms with E-state index in [9.17, 15) is 9.59 Å². The summed E-state index contributed by atoms with van der Waals surface area (Å²) >= 11 is 5.68. The molecule has 23 heavy (non-hydrogen) atoms. The monoisotopic (exact) mass is 334 g/mol. The third-order valence-electron chi connectivity index (χ3n) is 3.15. The van der Waals surface area contributed by atoms with Gasteiger partial charge in [0.15, 0.2) is 5.58 Å². The summed E-state index contributed by atoms with van der Waals surface area (Å²) in [7, 11) is 0. The van der Waals surface area contributed by atoms with Crippen molar-refractivity contribution >= 4 is 34.6 Å². The Morgan fingerprint density at radius 3 is 2.83 bits per heavy atom. The summed E-state index contributed by atoms with van der Waals surface area (Å²) < 4.78 is 10.3. The van der Waals surface area contributed by atoms with E-state index in [1.807, 2.05) is 0 Å². The Labute approximate surface area is 135 Å². The van der Waals surface area contributed by atoms with Crippen LogP contribution < -0.4 is 0 Å². The molecule has 0 aliphatic rings. The average Bonchev–Trinajstić information content (AvgIpc) is 3.12. The Morgan fingerprint density at radius 1 is 1.30 bits per heavy atom. The van der Waals surface area contributed by atoms with E-state index in [2.05, 4.69) is 4.98 Å². The first-order chi connectivity index (χ1) is 11.0. The number of fused-ring (bicyclic) bond motifs is 1. The van der Waals surface area contributed by atoms with Crippen molar-refractivity contribution in [1.29, 1.82) is 0 Å². The van der Waals surface area contributed by atoms with Crippen LogP contribution in [0.2, 0.25) is 5.35 Å². The van der Waals surface area contributed by atoms with Gasteiger partial charge in [-0.2, -0.15) is 4.98 Å². The van der Waals surface area contributed by atoms with Gasteiger partial charge in [-0.05, 0) is 41.9 Å². The highest BCUT2D eigenvalue weighted by Gasteiger charge is 2.21. The topological polar surface area (TPSA) is 96.8 Å². The molecule has 0 aliphatic carbocycles. The molecular weight excluding hydrogens is 324 g/mol. The molecule has 7 nitrogen and oxygen atoms in total. The number of nitrogens with zero attached hydrogens (tertiary/aromatic N) is 2. The van der Waals surface area contributed by atoms with Crippen molar-refractivity contribution < 1.29 is 23.5 Å². The van der Waals surface area contributed by atoms with Crippen LogP contribution in [0.4, 0.5) is 0 Å². The lowest BCUT2D eigenvalue weighted by Gasteiger charge is -2.19. The van der Waals surface area contributed by atoms with Crippen LogP contribution in [0.5, 0.6) is 0 Å². The maximum Gasteiger partial charge on any atom is 0.323 e. The molecule has 0 bridgehead atoms. The molecule has 0 fully saturated rings. The summed E-state index contributed by atoms with van der Waals surface area (Å²) in [6, 6.07) is 7.95. The van der Waals surface area contributed by atoms with E-state index in [1.54, 1.807) is 24.3 Å². The van der Waals surface area contributed by atoms with E-state index >= 15 is 0 Å². The molecule has 118 valence electrons. The number of aromatic nitrogens is 1. The second-order valence-electron chi connectivity index (χ2n) is 4.78. The van der Waals surface area contributed by atoms with E-state index in [1.165, 1.54) is 17.2 Å². The fourth-order valence-corrected chi connectivity index (χ4v) is 2.34. The second kappa shape index (κ2) is 6.13. The molecule has 0 saturated carbocycles. The smallest absolute Gasteiger partial charge is 0.323 e. The van der Waals surface area contributed by atoms with Crippen LogP contribution in [0.1, 0.15) is 16.1 Å². The van der Waals surface area contributed by atoms with E-state index < -0.39 is 18.4 Å². The summed E-state index contributed by atoms with van der Waals surface area (Å²) in [6.07, 6.45) is 1.46. The second-order valence-corrected chi connectivity index (χ2v) is 5.11. The lowest BCUT2D eigenvalue weighted by Crippen LogP contribution is -2.35. The van der Waals surface area contributed by atoms with Crippen LogP contribution >= 0.6 is 11.6 Å². The molecule has 1 N–H and O–H groups in total. The van der Waals surface area contributed by atoms with E-state index in [-0.39, 0.29) is 17.5 Å². The summed E-state index contributed by atoms with van der Waals surface area (Å²) in [4.78, 5) is 28.7. The van der Waals surface area contributed by atoms with Gasteiger partial charge in [0.1, 0.15) is 17.8 Å². The molecule has 1 aromatic carbocycles. The molecule has 0 unspecified atom stereocenters. The predicted molar refractivity (Wildman–Crippen MR) is 80.1 cm³/mol. The lowest BCUT2D eigenvalue weighted by atomic mass is 10.1. The molecule has 2 heterocycles. The first kappa shape index (κ1) is 15.1. The van der Waals surface area contributed by atoms with Crippen LogP contribution in [0, 0.1) is 0 Å². The number of amides is 1. The van der Waals surface area contributed by atoms with Crippen molar-refractivity contribution in [3.63, 3.8) is 0 Å². The Hall–Kier alpha value is -2.80. The van der Waals surface area contributed by atoms with E-state index in [0.29, 0.717) is 16.9 Å². The van der Waals surface area contributed by atoms with Gasteiger partial charge in [-0.1, -0.05) is 0 Å². The zero-order chi connectivity index (χ0) is 16.4. The van der Waals surface area contributed by atoms with Crippen molar-refractivity contribution in [1.82, 2.24) is 9.88 Å². The van der Waals surface area contributed by atoms with Gasteiger partial charge in [0, 0.05) is 5.56 Å². The maximum absolute atomic E-state index is 12.6. The number of carbonyl (C=O) groups excluding carboxylic acids is 1. The number of benzene rings is 1. The van der Waals surface area contributed by atoms with Crippen LogP contribution in [0.25, 0.3) is 11.1 Å². The number of hydrogen-bond acceptors (Lipinski definition) is 5. The summed E-state index contributed by atoms with van der Waals surface area (Å²) in [6.45, 7) is -0.401. The molecule has 1 amide bonds. The summed E-state index contributed by atoms with van der Waals surface area (Å²) in [5.41, 5.74) is 1.15. The van der Waals surface area contributed by atoms with Crippen LogP contribution in [0.15, 0.2) is 45.4 Å². The zero-order valence-corrected chi connectivity index (χ0v) is 12.5. The molecule has 8 heteroatoms. The zero-order valence-electron chi connectivity index (χ0n) is 11.7. The number of carboxylic acids is 1. The Kier molecular flexibility index (Phi) is 4.03. The van der Waals surface area contributed by atoms with E-state index in [4.69, 9.17) is 25.5 Å². The Balaban J connectivity index is 1.89. The number of furan rings is 1. The van der Waals surface area contributed by atoms with Gasteiger partial charge in [-0.15, -0.1) is 0 Å². The molecular formula is C15H11ClN2O5. The lowest BCUT2D eigenvalue weighted by molar-refractivity contribution is -0.137. The molecule has 0 radical (unpaired) electrons. The molecule has 0 aliphatic heterocycles. The number of carboxylic acid groups (broad SMARTS) is 1. The van der Waals surface area contributed by atoms with Gasteiger partial charge in [-0.25, -0.2) is 0 Å². The molecule has 3 rings (SSSR count). The highest BCUT2D eigenvalue weighted by atomic mass is 35.5. The fraction of sp³-hybridized carbons (Fsp3) is 0.133. The van der Waals surface area contributed by atoms with Crippen LogP contribution in [0.3, 0.4) is 0 Å². The number of carbonyl (C=O) groups is 2. The number of halogens is 1. The van der Waals surface area contributed by atoms with E-state index in [0.717, 1.165) is 0 Å². The SMILES string of the molecule is O=C(O)CN(Cc1ccco1)C(=O)c1ccc2nc(Cl)oc2c1. The fourth-order valence-electron chi connectivity index (χ4n) is 2.17. The minimum atomic E-state index is -1.12. The Morgan fingerprint density at radius 2 is 2.13 bits per heavy atom. The average molecular weight is 335 g/mol. The summed E-state index contributed by atoms with van der Waals surface area (Å²) in [5.74, 6) is -1.09. The van der Waals surface area contributed by atoms with Crippen LogP contribution in [-0.4, -0.2) is 33.4 Å². The molecule has 0 spiro atoms. The minimum absolute atomic E-state index is 0.0254. The molecule has 0 saturated heterocycles. The van der Waals surface area contributed by atoms with Gasteiger partial charge in [-0.3, -0.25) is 9.59 Å². The van der Waals surface area contributed by atoms with Crippen molar-refractivity contribution in [2.24, 2.45) is 0 Å². The van der Waals surface area contributed by atoms with Gasteiger partial charge >= 0.3 is 5.97 Å². The van der Waals surface area contributed by atoms with Gasteiger partial charge in [0.2, 0.25) is 0 Å². The Bertz CT molecular complexity index is 856. The number of aliphatic carboxylic acids is 1. The van der Waals surface area contributed by atoms with Gasteiger partial charge in [0.05, 0.1) is 12.8 Å². The van der Waals surface area contributed by atoms with Gasteiger partial charge < -0.3 is 18.8 Å². The third kappa shape index (κ3) is 3.35. The summed E-state index contributed by atoms with van der Waals surface area (Å²) in [5, 5.41) is 8.99. The maximum atomic E-state index is 12.6. The van der Waals surface area contributed by atoms with Crippen molar-refractivity contribution in [2.45, 2.75) is 6.54 Å². The number of rotatable bonds is 5. The molecule has 2 aromatic heterocycles. The van der Waals surface area contributed by atoms with Crippen molar-refractivity contribution in [3.8, 4) is 0 Å². The number of oxazole rings is 1. The first-order valence-corrected chi connectivity index (χ1v) is 7.00. The quantitative estimate of drug-likeness (QED) is 0.770. The largest absolute Gasteiger partial charge is 0.480 e. The molecule has 0 atom stereocenters. The minimum Gasteiger partial charge on any atom is -0.480 e.